The summed E-state index contributed by atoms with van der Waals surface area (Å²) in [4.78, 5) is 11.2. The van der Waals surface area contributed by atoms with Crippen LogP contribution in [0.5, 0.6) is 0 Å². The predicted octanol–water partition coefficient (Wildman–Crippen LogP) is 1.70. The number of hydrogen-bond acceptors (Lipinski definition) is 2. The van der Waals surface area contributed by atoms with E-state index in [9.17, 15) is 4.79 Å². The Morgan fingerprint density at radius 3 is 2.14 bits per heavy atom. The quantitative estimate of drug-likeness (QED) is 0.711. The minimum atomic E-state index is -0.251. The van der Waals surface area contributed by atoms with Crippen molar-refractivity contribution in [1.29, 1.82) is 0 Å². The molecule has 0 aliphatic carbocycles. The molecule has 0 spiro atoms. The minimum absolute atomic E-state index is 0.0590. The Morgan fingerprint density at radius 2 is 1.79 bits per heavy atom. The lowest BCUT2D eigenvalue weighted by atomic mass is 9.80. The Labute approximate surface area is 86.9 Å². The molecular formula is C11H23NO2. The SMILES string of the molecule is CCC(=O)NC(C)(C)CC(C)(C)CO. The molecule has 0 rings (SSSR count). The van der Waals surface area contributed by atoms with Crippen molar-refractivity contribution in [2.24, 2.45) is 5.41 Å². The van der Waals surface area contributed by atoms with Gasteiger partial charge < -0.3 is 10.4 Å². The Morgan fingerprint density at radius 1 is 1.29 bits per heavy atom. The van der Waals surface area contributed by atoms with Gasteiger partial charge in [-0.05, 0) is 25.7 Å². The highest BCUT2D eigenvalue weighted by Gasteiger charge is 2.29. The van der Waals surface area contributed by atoms with Gasteiger partial charge in [-0.25, -0.2) is 0 Å². The molecule has 0 aromatic carbocycles. The van der Waals surface area contributed by atoms with Gasteiger partial charge in [0.1, 0.15) is 0 Å². The Bertz CT molecular complexity index is 197. The Hall–Kier alpha value is -0.570. The standard InChI is InChI=1S/C11H23NO2/c1-6-9(14)12-11(4,5)7-10(2,3)8-13/h13H,6-8H2,1-5H3,(H,12,14). The van der Waals surface area contributed by atoms with Gasteiger partial charge in [0.2, 0.25) is 5.91 Å². The molecule has 0 aromatic rings. The van der Waals surface area contributed by atoms with Crippen LogP contribution in [0.3, 0.4) is 0 Å². The second-order valence-corrected chi connectivity index (χ2v) is 5.28. The summed E-state index contributed by atoms with van der Waals surface area (Å²) in [6.07, 6.45) is 1.27. The number of aliphatic hydroxyl groups is 1. The lowest BCUT2D eigenvalue weighted by Crippen LogP contribution is -2.46. The van der Waals surface area contributed by atoms with Gasteiger partial charge in [0.25, 0.3) is 0 Å². The van der Waals surface area contributed by atoms with E-state index >= 15 is 0 Å². The maximum absolute atomic E-state index is 11.2. The average molecular weight is 201 g/mol. The van der Waals surface area contributed by atoms with Gasteiger partial charge in [-0.2, -0.15) is 0 Å². The van der Waals surface area contributed by atoms with Gasteiger partial charge in [-0.15, -0.1) is 0 Å². The highest BCUT2D eigenvalue weighted by atomic mass is 16.3. The minimum Gasteiger partial charge on any atom is -0.396 e. The first-order valence-corrected chi connectivity index (χ1v) is 5.14. The molecule has 0 saturated heterocycles. The normalized spacial score (nSPS) is 12.7. The molecular weight excluding hydrogens is 178 g/mol. The number of aliphatic hydroxyl groups excluding tert-OH is 1. The highest BCUT2D eigenvalue weighted by Crippen LogP contribution is 2.26. The average Bonchev–Trinajstić information content (AvgIpc) is 2.01. The van der Waals surface area contributed by atoms with Crippen molar-refractivity contribution in [3.63, 3.8) is 0 Å². The van der Waals surface area contributed by atoms with Gasteiger partial charge >= 0.3 is 0 Å². The third-order valence-electron chi connectivity index (χ3n) is 2.15. The van der Waals surface area contributed by atoms with Crippen LogP contribution in [0.2, 0.25) is 0 Å². The van der Waals surface area contributed by atoms with E-state index in [2.05, 4.69) is 5.32 Å². The molecule has 0 aliphatic rings. The monoisotopic (exact) mass is 201 g/mol. The fourth-order valence-electron chi connectivity index (χ4n) is 1.76. The number of carbonyl (C=O) groups excluding carboxylic acids is 1. The molecule has 3 nitrogen and oxygen atoms in total. The zero-order valence-electron chi connectivity index (χ0n) is 9.98. The summed E-state index contributed by atoms with van der Waals surface area (Å²) in [5.41, 5.74) is -0.399. The van der Waals surface area contributed by atoms with Gasteiger partial charge in [-0.3, -0.25) is 4.79 Å². The van der Waals surface area contributed by atoms with Crippen LogP contribution in [-0.2, 0) is 4.79 Å². The molecule has 14 heavy (non-hydrogen) atoms. The predicted molar refractivity (Wildman–Crippen MR) is 58.0 cm³/mol. The third-order valence-corrected chi connectivity index (χ3v) is 2.15. The van der Waals surface area contributed by atoms with Crippen LogP contribution in [0.25, 0.3) is 0 Å². The first kappa shape index (κ1) is 13.4. The smallest absolute Gasteiger partial charge is 0.220 e. The summed E-state index contributed by atoms with van der Waals surface area (Å²) in [5, 5.41) is 12.1. The number of hydrogen-bond donors (Lipinski definition) is 2. The van der Waals surface area contributed by atoms with E-state index in [1.165, 1.54) is 0 Å². The van der Waals surface area contributed by atoms with Crippen molar-refractivity contribution in [1.82, 2.24) is 5.32 Å². The second kappa shape index (κ2) is 4.78. The van der Waals surface area contributed by atoms with Crippen LogP contribution in [0.15, 0.2) is 0 Å². The number of carbonyl (C=O) groups is 1. The van der Waals surface area contributed by atoms with Crippen molar-refractivity contribution >= 4 is 5.91 Å². The first-order chi connectivity index (χ1) is 6.22. The molecule has 0 aliphatic heterocycles. The van der Waals surface area contributed by atoms with E-state index in [0.717, 1.165) is 6.42 Å². The van der Waals surface area contributed by atoms with E-state index in [1.807, 2.05) is 34.6 Å². The fraction of sp³-hybridized carbons (Fsp3) is 0.909. The van der Waals surface area contributed by atoms with Crippen LogP contribution in [-0.4, -0.2) is 23.2 Å². The molecule has 3 heteroatoms. The molecule has 1 amide bonds. The lowest BCUT2D eigenvalue weighted by molar-refractivity contribution is -0.122. The summed E-state index contributed by atoms with van der Waals surface area (Å²) in [7, 11) is 0. The van der Waals surface area contributed by atoms with Crippen LogP contribution >= 0.6 is 0 Å². The summed E-state index contributed by atoms with van der Waals surface area (Å²) in [6.45, 7) is 9.93. The van der Waals surface area contributed by atoms with Crippen molar-refractivity contribution in [2.45, 2.75) is 53.0 Å². The maximum Gasteiger partial charge on any atom is 0.220 e. The van der Waals surface area contributed by atoms with E-state index < -0.39 is 0 Å². The molecule has 0 radical (unpaired) electrons. The molecule has 0 aromatic heterocycles. The molecule has 0 saturated carbocycles. The number of nitrogens with one attached hydrogen (secondary N) is 1. The Balaban J connectivity index is 4.26. The van der Waals surface area contributed by atoms with E-state index in [1.54, 1.807) is 0 Å². The highest BCUT2D eigenvalue weighted by molar-refractivity contribution is 5.76. The van der Waals surface area contributed by atoms with Crippen molar-refractivity contribution in [2.75, 3.05) is 6.61 Å². The van der Waals surface area contributed by atoms with E-state index in [-0.39, 0.29) is 23.5 Å². The van der Waals surface area contributed by atoms with Crippen molar-refractivity contribution < 1.29 is 9.90 Å². The summed E-state index contributed by atoms with van der Waals surface area (Å²) in [6, 6.07) is 0. The van der Waals surface area contributed by atoms with Gasteiger partial charge in [0, 0.05) is 18.6 Å². The van der Waals surface area contributed by atoms with E-state index in [0.29, 0.717) is 6.42 Å². The van der Waals surface area contributed by atoms with Crippen molar-refractivity contribution in [3.8, 4) is 0 Å². The lowest BCUT2D eigenvalue weighted by Gasteiger charge is -2.34. The molecule has 0 heterocycles. The molecule has 0 bridgehead atoms. The summed E-state index contributed by atoms with van der Waals surface area (Å²) >= 11 is 0. The second-order valence-electron chi connectivity index (χ2n) is 5.28. The van der Waals surface area contributed by atoms with E-state index in [4.69, 9.17) is 5.11 Å². The molecule has 0 atom stereocenters. The third kappa shape index (κ3) is 5.22. The van der Waals surface area contributed by atoms with Crippen LogP contribution < -0.4 is 5.32 Å². The summed E-state index contributed by atoms with van der Waals surface area (Å²) in [5.74, 6) is 0.0590. The largest absolute Gasteiger partial charge is 0.396 e. The zero-order chi connectivity index (χ0) is 11.4. The fourth-order valence-corrected chi connectivity index (χ4v) is 1.76. The van der Waals surface area contributed by atoms with Gasteiger partial charge in [0.15, 0.2) is 0 Å². The summed E-state index contributed by atoms with van der Waals surface area (Å²) < 4.78 is 0. The maximum atomic E-state index is 11.2. The zero-order valence-corrected chi connectivity index (χ0v) is 9.98. The topological polar surface area (TPSA) is 49.3 Å². The van der Waals surface area contributed by atoms with Gasteiger partial charge in [-0.1, -0.05) is 20.8 Å². The number of rotatable bonds is 5. The first-order valence-electron chi connectivity index (χ1n) is 5.14. The molecule has 84 valence electrons. The van der Waals surface area contributed by atoms with Gasteiger partial charge in [0.05, 0.1) is 0 Å². The number of amides is 1. The van der Waals surface area contributed by atoms with Crippen LogP contribution in [0.1, 0.15) is 47.5 Å². The Kier molecular flexibility index (Phi) is 4.59. The van der Waals surface area contributed by atoms with Crippen LogP contribution in [0, 0.1) is 5.41 Å². The van der Waals surface area contributed by atoms with Crippen LogP contribution in [0.4, 0.5) is 0 Å². The molecule has 0 fully saturated rings. The molecule has 2 N–H and O–H groups in total. The van der Waals surface area contributed by atoms with Crippen molar-refractivity contribution in [3.05, 3.63) is 0 Å². The molecule has 0 unspecified atom stereocenters.